The van der Waals surface area contributed by atoms with Crippen molar-refractivity contribution in [2.75, 3.05) is 11.9 Å². The highest BCUT2D eigenvalue weighted by molar-refractivity contribution is 8.00. The Hall–Kier alpha value is -2.12. The zero-order chi connectivity index (χ0) is 17.3. The Bertz CT molecular complexity index is 934. The summed E-state index contributed by atoms with van der Waals surface area (Å²) in [6.45, 7) is 1.83. The van der Waals surface area contributed by atoms with E-state index in [0.29, 0.717) is 15.4 Å². The maximum atomic E-state index is 12.7. The van der Waals surface area contributed by atoms with Crippen LogP contribution in [0, 0.1) is 0 Å². The molecule has 2 aromatic heterocycles. The molecular formula is C17H17N3O2S2. The highest BCUT2D eigenvalue weighted by Gasteiger charge is 2.22. The lowest BCUT2D eigenvalue weighted by molar-refractivity contribution is -0.117. The van der Waals surface area contributed by atoms with Gasteiger partial charge in [0.05, 0.1) is 10.6 Å². The van der Waals surface area contributed by atoms with Crippen LogP contribution < -0.4 is 10.5 Å². The third kappa shape index (κ3) is 3.09. The van der Waals surface area contributed by atoms with Gasteiger partial charge in [0.15, 0.2) is 5.16 Å². The topological polar surface area (TPSA) is 55.2 Å². The second kappa shape index (κ2) is 6.78. The van der Waals surface area contributed by atoms with Gasteiger partial charge in [0, 0.05) is 19.8 Å². The zero-order valence-corrected chi connectivity index (χ0v) is 15.2. The minimum Gasteiger partial charge on any atom is -0.315 e. The third-order valence-corrected chi connectivity index (χ3v) is 5.71. The number of nitrogens with zero attached hydrogens (tertiary/aromatic N) is 3. The van der Waals surface area contributed by atoms with Crippen molar-refractivity contribution in [3.8, 4) is 0 Å². The molecule has 0 aliphatic heterocycles. The lowest BCUT2D eigenvalue weighted by Crippen LogP contribution is -2.33. The summed E-state index contributed by atoms with van der Waals surface area (Å²) in [4.78, 5) is 31.8. The predicted molar refractivity (Wildman–Crippen MR) is 100 cm³/mol. The van der Waals surface area contributed by atoms with Gasteiger partial charge >= 0.3 is 0 Å². The normalized spacial score (nSPS) is 12.3. The summed E-state index contributed by atoms with van der Waals surface area (Å²) in [5, 5.41) is 2.67. The maximum Gasteiger partial charge on any atom is 0.262 e. The number of hydrogen-bond donors (Lipinski definition) is 0. The number of para-hydroxylation sites is 1. The van der Waals surface area contributed by atoms with Crippen molar-refractivity contribution in [1.82, 2.24) is 9.55 Å². The number of thiophene rings is 1. The van der Waals surface area contributed by atoms with Crippen LogP contribution in [0.2, 0.25) is 0 Å². The quantitative estimate of drug-likeness (QED) is 0.530. The minimum atomic E-state index is -0.356. The molecule has 0 bridgehead atoms. The van der Waals surface area contributed by atoms with E-state index in [0.717, 1.165) is 5.69 Å². The molecule has 0 aliphatic carbocycles. The Morgan fingerprint density at radius 3 is 2.71 bits per heavy atom. The van der Waals surface area contributed by atoms with Gasteiger partial charge in [-0.2, -0.15) is 0 Å². The van der Waals surface area contributed by atoms with Crippen LogP contribution >= 0.6 is 23.1 Å². The van der Waals surface area contributed by atoms with Crippen LogP contribution in [0.5, 0.6) is 0 Å². The van der Waals surface area contributed by atoms with Crippen molar-refractivity contribution in [3.63, 3.8) is 0 Å². The number of carbonyl (C=O) groups is 1. The van der Waals surface area contributed by atoms with E-state index in [1.807, 2.05) is 42.6 Å². The summed E-state index contributed by atoms with van der Waals surface area (Å²) in [6, 6.07) is 11.3. The Kier molecular flexibility index (Phi) is 4.73. The smallest absolute Gasteiger partial charge is 0.262 e. The first-order chi connectivity index (χ1) is 11.5. The SMILES string of the molecule is CC(Sc1nc2sccc2c(=O)n1C)C(=O)N(C)c1ccccc1. The van der Waals surface area contributed by atoms with E-state index in [9.17, 15) is 9.59 Å². The van der Waals surface area contributed by atoms with Crippen LogP contribution in [0.15, 0.2) is 51.7 Å². The summed E-state index contributed by atoms with van der Waals surface area (Å²) in [7, 11) is 3.44. The monoisotopic (exact) mass is 359 g/mol. The van der Waals surface area contributed by atoms with E-state index in [4.69, 9.17) is 0 Å². The number of aromatic nitrogens is 2. The molecule has 3 rings (SSSR count). The number of benzene rings is 1. The summed E-state index contributed by atoms with van der Waals surface area (Å²) in [5.74, 6) is -0.0354. The molecule has 0 spiro atoms. The van der Waals surface area contributed by atoms with E-state index < -0.39 is 0 Å². The standard InChI is InChI=1S/C17H17N3O2S2/c1-11(15(21)19(2)12-7-5-4-6-8-12)24-17-18-14-13(9-10-23-14)16(22)20(17)3/h4-11H,1-3H3. The lowest BCUT2D eigenvalue weighted by atomic mass is 10.3. The largest absolute Gasteiger partial charge is 0.315 e. The molecule has 0 aliphatic rings. The van der Waals surface area contributed by atoms with Crippen molar-refractivity contribution in [1.29, 1.82) is 0 Å². The molecular weight excluding hydrogens is 342 g/mol. The highest BCUT2D eigenvalue weighted by atomic mass is 32.2. The molecule has 5 nitrogen and oxygen atoms in total. The van der Waals surface area contributed by atoms with Crippen LogP contribution in [0.3, 0.4) is 0 Å². The number of amides is 1. The Morgan fingerprint density at radius 1 is 1.29 bits per heavy atom. The second-order valence-electron chi connectivity index (χ2n) is 5.39. The predicted octanol–water partition coefficient (Wildman–Crippen LogP) is 3.14. The van der Waals surface area contributed by atoms with Crippen molar-refractivity contribution in [2.24, 2.45) is 7.05 Å². The average molecular weight is 359 g/mol. The first-order valence-electron chi connectivity index (χ1n) is 7.42. The molecule has 3 aromatic rings. The molecule has 24 heavy (non-hydrogen) atoms. The Morgan fingerprint density at radius 2 is 2.00 bits per heavy atom. The van der Waals surface area contributed by atoms with Crippen molar-refractivity contribution < 1.29 is 4.79 Å². The first-order valence-corrected chi connectivity index (χ1v) is 9.18. The van der Waals surface area contributed by atoms with Gasteiger partial charge in [-0.25, -0.2) is 4.98 Å². The number of fused-ring (bicyclic) bond motifs is 1. The molecule has 0 saturated heterocycles. The van der Waals surface area contributed by atoms with Crippen molar-refractivity contribution in [3.05, 3.63) is 52.1 Å². The first kappa shape index (κ1) is 16.7. The summed E-state index contributed by atoms with van der Waals surface area (Å²) >= 11 is 2.73. The van der Waals surface area contributed by atoms with E-state index in [1.54, 1.807) is 25.1 Å². The summed E-state index contributed by atoms with van der Waals surface area (Å²) < 4.78 is 1.51. The van der Waals surface area contributed by atoms with Gasteiger partial charge in [-0.15, -0.1) is 11.3 Å². The van der Waals surface area contributed by atoms with Crippen LogP contribution in [-0.4, -0.2) is 27.8 Å². The van der Waals surface area contributed by atoms with Gasteiger partial charge in [0.1, 0.15) is 4.83 Å². The molecule has 1 amide bonds. The van der Waals surface area contributed by atoms with Crippen LogP contribution in [0.25, 0.3) is 10.2 Å². The Labute approximate surface area is 147 Å². The maximum absolute atomic E-state index is 12.7. The average Bonchev–Trinajstić information content (AvgIpc) is 3.07. The summed E-state index contributed by atoms with van der Waals surface area (Å²) in [6.07, 6.45) is 0. The third-order valence-electron chi connectivity index (χ3n) is 3.77. The lowest BCUT2D eigenvalue weighted by Gasteiger charge is -2.21. The Balaban J connectivity index is 1.84. The van der Waals surface area contributed by atoms with Gasteiger partial charge in [-0.3, -0.25) is 14.2 Å². The van der Waals surface area contributed by atoms with E-state index in [2.05, 4.69) is 4.98 Å². The van der Waals surface area contributed by atoms with Gasteiger partial charge < -0.3 is 4.90 Å². The molecule has 2 heterocycles. The number of hydrogen-bond acceptors (Lipinski definition) is 5. The molecule has 0 N–H and O–H groups in total. The molecule has 7 heteroatoms. The van der Waals surface area contributed by atoms with Crippen LogP contribution in [0.1, 0.15) is 6.92 Å². The number of carbonyl (C=O) groups excluding carboxylic acids is 1. The van der Waals surface area contributed by atoms with Crippen LogP contribution in [-0.2, 0) is 11.8 Å². The molecule has 0 saturated carbocycles. The number of rotatable bonds is 4. The van der Waals surface area contributed by atoms with Gasteiger partial charge in [0.25, 0.3) is 5.56 Å². The van der Waals surface area contributed by atoms with E-state index in [-0.39, 0.29) is 16.7 Å². The second-order valence-corrected chi connectivity index (χ2v) is 7.59. The fourth-order valence-electron chi connectivity index (χ4n) is 2.35. The number of anilines is 1. The summed E-state index contributed by atoms with van der Waals surface area (Å²) in [5.41, 5.74) is 0.755. The van der Waals surface area contributed by atoms with Crippen molar-refractivity contribution in [2.45, 2.75) is 17.3 Å². The molecule has 1 unspecified atom stereocenters. The van der Waals surface area contributed by atoms with Gasteiger partial charge in [-0.1, -0.05) is 30.0 Å². The van der Waals surface area contributed by atoms with Crippen LogP contribution in [0.4, 0.5) is 5.69 Å². The molecule has 1 atom stereocenters. The fourth-order valence-corrected chi connectivity index (χ4v) is 4.12. The molecule has 0 fully saturated rings. The van der Waals surface area contributed by atoms with Gasteiger partial charge in [0.2, 0.25) is 5.91 Å². The van der Waals surface area contributed by atoms with Gasteiger partial charge in [-0.05, 0) is 30.5 Å². The molecule has 1 aromatic carbocycles. The fraction of sp³-hybridized carbons (Fsp3) is 0.235. The number of thioether (sulfide) groups is 1. The molecule has 124 valence electrons. The van der Waals surface area contributed by atoms with E-state index in [1.165, 1.54) is 27.7 Å². The highest BCUT2D eigenvalue weighted by Crippen LogP contribution is 2.25. The zero-order valence-electron chi connectivity index (χ0n) is 13.6. The molecule has 0 radical (unpaired) electrons. The van der Waals surface area contributed by atoms with E-state index >= 15 is 0 Å². The van der Waals surface area contributed by atoms with Crippen molar-refractivity contribution >= 4 is 44.9 Å². The minimum absolute atomic E-state index is 0.0354.